The first-order chi connectivity index (χ1) is 11.8. The summed E-state index contributed by atoms with van der Waals surface area (Å²) in [6.07, 6.45) is 3.92. The van der Waals surface area contributed by atoms with Gasteiger partial charge in [0.2, 0.25) is 0 Å². The first-order valence-electron chi connectivity index (χ1n) is 7.83. The zero-order chi connectivity index (χ0) is 16.8. The Labute approximate surface area is 159 Å². The maximum atomic E-state index is 6.20. The van der Waals surface area contributed by atoms with Gasteiger partial charge < -0.3 is 10.1 Å². The summed E-state index contributed by atoms with van der Waals surface area (Å²) in [6, 6.07) is 15.9. The van der Waals surface area contributed by atoms with Crippen LogP contribution >= 0.6 is 24.0 Å². The molecule has 132 valence electrons. The number of hydrogen-bond donors (Lipinski definition) is 1. The number of benzene rings is 2. The van der Waals surface area contributed by atoms with Crippen LogP contribution in [-0.4, -0.2) is 16.9 Å². The fraction of sp³-hybridized carbons (Fsp3) is 0.211. The van der Waals surface area contributed by atoms with E-state index in [9.17, 15) is 0 Å². The van der Waals surface area contributed by atoms with Crippen molar-refractivity contribution in [2.75, 3.05) is 7.11 Å². The summed E-state index contributed by atoms with van der Waals surface area (Å²) in [5.41, 5.74) is 3.34. The lowest BCUT2D eigenvalue weighted by Crippen LogP contribution is -2.13. The van der Waals surface area contributed by atoms with Gasteiger partial charge in [0.15, 0.2) is 0 Å². The van der Waals surface area contributed by atoms with Crippen molar-refractivity contribution in [1.82, 2.24) is 15.1 Å². The molecular weight excluding hydrogens is 357 g/mol. The zero-order valence-electron chi connectivity index (χ0n) is 14.0. The predicted molar refractivity (Wildman–Crippen MR) is 104 cm³/mol. The van der Waals surface area contributed by atoms with E-state index in [1.54, 1.807) is 7.11 Å². The molecule has 0 saturated heterocycles. The molecule has 4 nitrogen and oxygen atoms in total. The quantitative estimate of drug-likeness (QED) is 0.666. The fourth-order valence-corrected chi connectivity index (χ4v) is 2.77. The molecule has 0 radical (unpaired) electrons. The second-order valence-corrected chi connectivity index (χ2v) is 5.96. The largest absolute Gasteiger partial charge is 0.496 e. The normalized spacial score (nSPS) is 10.3. The average Bonchev–Trinajstić information content (AvgIpc) is 3.05. The molecule has 1 N–H and O–H groups in total. The summed E-state index contributed by atoms with van der Waals surface area (Å²) in [7, 11) is 1.69. The molecule has 0 saturated carbocycles. The fourth-order valence-electron chi connectivity index (χ4n) is 2.58. The highest BCUT2D eigenvalue weighted by atomic mass is 35.5. The van der Waals surface area contributed by atoms with Crippen LogP contribution < -0.4 is 10.1 Å². The second kappa shape index (κ2) is 9.47. The van der Waals surface area contributed by atoms with Crippen molar-refractivity contribution in [1.29, 1.82) is 0 Å². The molecule has 0 amide bonds. The van der Waals surface area contributed by atoms with Crippen molar-refractivity contribution < 1.29 is 4.74 Å². The Morgan fingerprint density at radius 1 is 1.04 bits per heavy atom. The van der Waals surface area contributed by atoms with E-state index in [4.69, 9.17) is 16.3 Å². The Morgan fingerprint density at radius 2 is 1.76 bits per heavy atom. The number of halogens is 2. The summed E-state index contributed by atoms with van der Waals surface area (Å²) in [5, 5.41) is 8.59. The number of nitrogens with zero attached hydrogens (tertiary/aromatic N) is 2. The van der Waals surface area contributed by atoms with Gasteiger partial charge in [-0.3, -0.25) is 4.68 Å². The number of ether oxygens (including phenoxy) is 1. The zero-order valence-corrected chi connectivity index (χ0v) is 15.6. The van der Waals surface area contributed by atoms with Gasteiger partial charge in [-0.25, -0.2) is 0 Å². The van der Waals surface area contributed by atoms with Crippen LogP contribution in [0.25, 0.3) is 0 Å². The summed E-state index contributed by atoms with van der Waals surface area (Å²) in [5.74, 6) is 0.902. The van der Waals surface area contributed by atoms with Crippen molar-refractivity contribution in [3.63, 3.8) is 0 Å². The van der Waals surface area contributed by atoms with Gasteiger partial charge in [-0.2, -0.15) is 5.10 Å². The van der Waals surface area contributed by atoms with Crippen LogP contribution in [-0.2, 0) is 19.6 Å². The van der Waals surface area contributed by atoms with E-state index in [-0.39, 0.29) is 12.4 Å². The van der Waals surface area contributed by atoms with Crippen molar-refractivity contribution in [2.45, 2.75) is 19.6 Å². The van der Waals surface area contributed by atoms with Crippen LogP contribution in [0.3, 0.4) is 0 Å². The molecule has 0 fully saturated rings. The highest BCUT2D eigenvalue weighted by Crippen LogP contribution is 2.17. The molecule has 3 aromatic rings. The van der Waals surface area contributed by atoms with Crippen molar-refractivity contribution in [3.8, 4) is 5.75 Å². The molecule has 0 aliphatic carbocycles. The SMILES string of the molecule is COc1ccccc1CNCc1cnn(Cc2ccccc2Cl)c1.Cl. The summed E-state index contributed by atoms with van der Waals surface area (Å²) in [6.45, 7) is 2.17. The number of methoxy groups -OCH3 is 1. The van der Waals surface area contributed by atoms with E-state index in [0.717, 1.165) is 40.6 Å². The van der Waals surface area contributed by atoms with Crippen LogP contribution in [0.5, 0.6) is 5.75 Å². The van der Waals surface area contributed by atoms with Crippen molar-refractivity contribution in [2.24, 2.45) is 0 Å². The monoisotopic (exact) mass is 377 g/mol. The Kier molecular flexibility index (Phi) is 7.31. The summed E-state index contributed by atoms with van der Waals surface area (Å²) >= 11 is 6.20. The van der Waals surface area contributed by atoms with Gasteiger partial charge in [0.25, 0.3) is 0 Å². The summed E-state index contributed by atoms with van der Waals surface area (Å²) < 4.78 is 7.26. The number of aromatic nitrogens is 2. The molecule has 0 bridgehead atoms. The van der Waals surface area contributed by atoms with E-state index >= 15 is 0 Å². The average molecular weight is 378 g/mol. The van der Waals surface area contributed by atoms with E-state index < -0.39 is 0 Å². The second-order valence-electron chi connectivity index (χ2n) is 5.55. The lowest BCUT2D eigenvalue weighted by atomic mass is 10.2. The number of rotatable bonds is 7. The summed E-state index contributed by atoms with van der Waals surface area (Å²) in [4.78, 5) is 0. The van der Waals surface area contributed by atoms with Crippen LogP contribution in [0.1, 0.15) is 16.7 Å². The molecule has 2 aromatic carbocycles. The molecule has 0 unspecified atom stereocenters. The molecule has 0 aliphatic heterocycles. The Hall–Kier alpha value is -2.01. The minimum Gasteiger partial charge on any atom is -0.496 e. The molecule has 0 atom stereocenters. The van der Waals surface area contributed by atoms with Gasteiger partial charge in [0.05, 0.1) is 19.9 Å². The third-order valence-electron chi connectivity index (χ3n) is 3.81. The molecular formula is C19H21Cl2N3O. The van der Waals surface area contributed by atoms with Gasteiger partial charge >= 0.3 is 0 Å². The maximum Gasteiger partial charge on any atom is 0.123 e. The van der Waals surface area contributed by atoms with E-state index in [1.165, 1.54) is 0 Å². The molecule has 0 spiro atoms. The van der Waals surface area contributed by atoms with Gasteiger partial charge in [-0.1, -0.05) is 48.0 Å². The molecule has 1 aromatic heterocycles. The lowest BCUT2D eigenvalue weighted by molar-refractivity contribution is 0.407. The number of hydrogen-bond acceptors (Lipinski definition) is 3. The standard InChI is InChI=1S/C19H20ClN3O.ClH/c1-24-19-9-5-3-6-16(19)12-21-10-15-11-22-23(13-15)14-17-7-2-4-8-18(17)20;/h2-9,11,13,21H,10,12,14H2,1H3;1H. The number of nitrogens with one attached hydrogen (secondary N) is 1. The lowest BCUT2D eigenvalue weighted by Gasteiger charge is -2.08. The van der Waals surface area contributed by atoms with Crippen molar-refractivity contribution >= 4 is 24.0 Å². The van der Waals surface area contributed by atoms with E-state index in [1.807, 2.05) is 59.5 Å². The minimum absolute atomic E-state index is 0. The highest BCUT2D eigenvalue weighted by molar-refractivity contribution is 6.31. The minimum atomic E-state index is 0. The molecule has 3 rings (SSSR count). The van der Waals surface area contributed by atoms with Crippen LogP contribution in [0, 0.1) is 0 Å². The van der Waals surface area contributed by atoms with Gasteiger partial charge in [0, 0.05) is 35.4 Å². The first-order valence-corrected chi connectivity index (χ1v) is 8.21. The molecule has 1 heterocycles. The molecule has 0 aliphatic rings. The van der Waals surface area contributed by atoms with Gasteiger partial charge in [-0.15, -0.1) is 12.4 Å². The number of para-hydroxylation sites is 1. The molecule has 25 heavy (non-hydrogen) atoms. The van der Waals surface area contributed by atoms with Crippen LogP contribution in [0.4, 0.5) is 0 Å². The third-order valence-corrected chi connectivity index (χ3v) is 4.18. The molecule has 6 heteroatoms. The predicted octanol–water partition coefficient (Wildman–Crippen LogP) is 4.31. The van der Waals surface area contributed by atoms with E-state index in [0.29, 0.717) is 6.54 Å². The van der Waals surface area contributed by atoms with Gasteiger partial charge in [0.1, 0.15) is 5.75 Å². The Balaban J connectivity index is 0.00000225. The smallest absolute Gasteiger partial charge is 0.123 e. The highest BCUT2D eigenvalue weighted by Gasteiger charge is 2.04. The van der Waals surface area contributed by atoms with Crippen LogP contribution in [0.15, 0.2) is 60.9 Å². The third kappa shape index (κ3) is 5.23. The van der Waals surface area contributed by atoms with E-state index in [2.05, 4.69) is 16.5 Å². The van der Waals surface area contributed by atoms with Crippen molar-refractivity contribution in [3.05, 3.63) is 82.6 Å². The maximum absolute atomic E-state index is 6.20. The van der Waals surface area contributed by atoms with Gasteiger partial charge in [-0.05, 0) is 17.7 Å². The Morgan fingerprint density at radius 3 is 2.52 bits per heavy atom. The first kappa shape index (κ1) is 19.3. The topological polar surface area (TPSA) is 39.1 Å². The van der Waals surface area contributed by atoms with Crippen LogP contribution in [0.2, 0.25) is 5.02 Å². The Bertz CT molecular complexity index is 805.